The molecule has 0 bridgehead atoms. The molecule has 5 rings (SSSR count). The summed E-state index contributed by atoms with van der Waals surface area (Å²) in [4.78, 5) is 28.1. The van der Waals surface area contributed by atoms with Crippen molar-refractivity contribution >= 4 is 44.4 Å². The second kappa shape index (κ2) is 8.68. The van der Waals surface area contributed by atoms with Gasteiger partial charge in [0.05, 0.1) is 17.8 Å². The number of carbonyl (C=O) groups excluding carboxylic acids is 1. The van der Waals surface area contributed by atoms with Gasteiger partial charge < -0.3 is 10.2 Å². The van der Waals surface area contributed by atoms with Crippen molar-refractivity contribution in [1.29, 1.82) is 0 Å². The molecule has 1 aliphatic heterocycles. The molecule has 0 saturated heterocycles. The average molecular weight is 528 g/mol. The van der Waals surface area contributed by atoms with Gasteiger partial charge >= 0.3 is 6.18 Å². The Bertz CT molecular complexity index is 1380. The molecule has 6 nitrogen and oxygen atoms in total. The fourth-order valence-electron chi connectivity index (χ4n) is 3.98. The molecule has 0 spiro atoms. The highest BCUT2D eigenvalue weighted by Crippen LogP contribution is 2.37. The summed E-state index contributed by atoms with van der Waals surface area (Å²) >= 11 is 3.40. The van der Waals surface area contributed by atoms with Gasteiger partial charge in [0.15, 0.2) is 0 Å². The van der Waals surface area contributed by atoms with E-state index in [0.29, 0.717) is 22.5 Å². The van der Waals surface area contributed by atoms with Crippen LogP contribution in [0.2, 0.25) is 0 Å². The minimum absolute atomic E-state index is 0.170. The van der Waals surface area contributed by atoms with Crippen LogP contribution < -0.4 is 10.2 Å². The summed E-state index contributed by atoms with van der Waals surface area (Å²) in [7, 11) is 0. The fourth-order valence-corrected chi connectivity index (χ4v) is 4.25. The Balaban J connectivity index is 1.58. The first kappa shape index (κ1) is 22.3. The Kier molecular flexibility index (Phi) is 5.68. The number of alkyl halides is 3. The molecule has 0 aliphatic carbocycles. The van der Waals surface area contributed by atoms with Gasteiger partial charge in [0.2, 0.25) is 11.9 Å². The predicted molar refractivity (Wildman–Crippen MR) is 125 cm³/mol. The van der Waals surface area contributed by atoms with Crippen molar-refractivity contribution in [2.75, 3.05) is 16.8 Å². The highest BCUT2D eigenvalue weighted by molar-refractivity contribution is 9.10. The number of nitrogens with one attached hydrogen (secondary N) is 1. The largest absolute Gasteiger partial charge is 0.405 e. The number of carbonyl (C=O) groups is 1. The van der Waals surface area contributed by atoms with E-state index in [4.69, 9.17) is 0 Å². The number of hydrogen-bond acceptors (Lipinski definition) is 5. The average Bonchev–Trinajstić information content (AvgIpc) is 2.82. The Morgan fingerprint density at radius 3 is 2.65 bits per heavy atom. The number of hydrogen-bond donors (Lipinski definition) is 1. The van der Waals surface area contributed by atoms with Gasteiger partial charge in [-0.3, -0.25) is 9.78 Å². The summed E-state index contributed by atoms with van der Waals surface area (Å²) < 4.78 is 38.9. The minimum atomic E-state index is -4.41. The van der Waals surface area contributed by atoms with Gasteiger partial charge in [-0.05, 0) is 42.0 Å². The SMILES string of the molecule is O=C1C(c2ccc(Br)cc2)c2nc(NCC(F)(F)F)ncc2CN1c1ccc2ncccc2c1. The van der Waals surface area contributed by atoms with Gasteiger partial charge in [0.1, 0.15) is 12.5 Å². The molecule has 2 aromatic heterocycles. The highest BCUT2D eigenvalue weighted by atomic mass is 79.9. The normalized spacial score (nSPS) is 15.9. The number of pyridine rings is 1. The standard InChI is InChI=1S/C24H17BrF3N5O/c25-17-5-3-14(4-6-17)20-21-16(11-30-23(32-21)31-13-24(26,27)28)12-33(22(20)34)18-7-8-19-15(10-18)2-1-9-29-19/h1-11,20H,12-13H2,(H,30,31,32). The maximum absolute atomic E-state index is 13.8. The van der Waals surface area contributed by atoms with Crippen molar-refractivity contribution in [3.8, 4) is 0 Å². The third-order valence-corrected chi connectivity index (χ3v) is 6.09. The zero-order valence-corrected chi connectivity index (χ0v) is 19.1. The Morgan fingerprint density at radius 2 is 1.88 bits per heavy atom. The van der Waals surface area contributed by atoms with Crippen LogP contribution in [0.1, 0.15) is 22.7 Å². The Labute approximate surface area is 201 Å². The molecular weight excluding hydrogens is 511 g/mol. The quantitative estimate of drug-likeness (QED) is 0.382. The van der Waals surface area contributed by atoms with E-state index in [0.717, 1.165) is 15.4 Å². The minimum Gasteiger partial charge on any atom is -0.345 e. The van der Waals surface area contributed by atoms with Gasteiger partial charge in [-0.2, -0.15) is 13.2 Å². The summed E-state index contributed by atoms with van der Waals surface area (Å²) in [5.41, 5.74) is 3.24. The topological polar surface area (TPSA) is 71.0 Å². The number of rotatable bonds is 4. The first-order valence-electron chi connectivity index (χ1n) is 10.4. The van der Waals surface area contributed by atoms with Gasteiger partial charge in [0, 0.05) is 33.5 Å². The number of nitrogens with zero attached hydrogens (tertiary/aromatic N) is 4. The molecule has 0 radical (unpaired) electrons. The number of halogens is 4. The zero-order valence-electron chi connectivity index (χ0n) is 17.6. The second-order valence-corrected chi connectivity index (χ2v) is 8.78. The molecule has 3 heterocycles. The number of anilines is 2. The molecule has 34 heavy (non-hydrogen) atoms. The van der Waals surface area contributed by atoms with E-state index in [1.807, 2.05) is 42.5 Å². The van der Waals surface area contributed by atoms with Crippen LogP contribution in [-0.2, 0) is 11.3 Å². The molecule has 1 aliphatic rings. The lowest BCUT2D eigenvalue weighted by atomic mass is 9.88. The maximum Gasteiger partial charge on any atom is 0.405 e. The molecule has 1 atom stereocenters. The maximum atomic E-state index is 13.8. The molecule has 0 saturated carbocycles. The number of fused-ring (bicyclic) bond motifs is 2. The molecule has 10 heteroatoms. The lowest BCUT2D eigenvalue weighted by Gasteiger charge is -2.34. The lowest BCUT2D eigenvalue weighted by Crippen LogP contribution is -2.40. The monoisotopic (exact) mass is 527 g/mol. The van der Waals surface area contributed by atoms with Crippen LogP contribution in [0.5, 0.6) is 0 Å². The van der Waals surface area contributed by atoms with E-state index in [9.17, 15) is 18.0 Å². The van der Waals surface area contributed by atoms with E-state index >= 15 is 0 Å². The van der Waals surface area contributed by atoms with Crippen LogP contribution in [0.25, 0.3) is 10.9 Å². The van der Waals surface area contributed by atoms with E-state index in [2.05, 4.69) is 36.2 Å². The summed E-state index contributed by atoms with van der Waals surface area (Å²) in [5.74, 6) is -1.19. The summed E-state index contributed by atoms with van der Waals surface area (Å²) in [5, 5.41) is 3.10. The molecule has 2 aromatic carbocycles. The van der Waals surface area contributed by atoms with Crippen molar-refractivity contribution in [2.24, 2.45) is 0 Å². The molecule has 1 unspecified atom stereocenters. The van der Waals surface area contributed by atoms with E-state index in [-0.39, 0.29) is 18.4 Å². The number of benzene rings is 2. The van der Waals surface area contributed by atoms with Crippen LogP contribution in [-0.4, -0.2) is 33.6 Å². The first-order valence-corrected chi connectivity index (χ1v) is 11.2. The van der Waals surface area contributed by atoms with Crippen molar-refractivity contribution < 1.29 is 18.0 Å². The summed E-state index contributed by atoms with van der Waals surface area (Å²) in [6, 6.07) is 16.5. The van der Waals surface area contributed by atoms with Crippen molar-refractivity contribution in [1.82, 2.24) is 15.0 Å². The van der Waals surface area contributed by atoms with Crippen LogP contribution in [0, 0.1) is 0 Å². The van der Waals surface area contributed by atoms with Gasteiger partial charge in [0.25, 0.3) is 0 Å². The van der Waals surface area contributed by atoms with E-state index in [1.54, 1.807) is 23.2 Å². The van der Waals surface area contributed by atoms with Gasteiger partial charge in [-0.1, -0.05) is 34.1 Å². The molecule has 4 aromatic rings. The molecule has 172 valence electrons. The first-order chi connectivity index (χ1) is 16.3. The van der Waals surface area contributed by atoms with Crippen LogP contribution in [0.3, 0.4) is 0 Å². The zero-order chi connectivity index (χ0) is 23.9. The molecule has 1 N–H and O–H groups in total. The predicted octanol–water partition coefficient (Wildman–Crippen LogP) is 5.44. The van der Waals surface area contributed by atoms with Crippen LogP contribution >= 0.6 is 15.9 Å². The molecular formula is C24H17BrF3N5O. The van der Waals surface area contributed by atoms with Crippen molar-refractivity contribution in [2.45, 2.75) is 18.6 Å². The highest BCUT2D eigenvalue weighted by Gasteiger charge is 2.37. The number of aromatic nitrogens is 3. The lowest BCUT2D eigenvalue weighted by molar-refractivity contribution is -0.120. The Morgan fingerprint density at radius 1 is 1.09 bits per heavy atom. The number of amides is 1. The van der Waals surface area contributed by atoms with Gasteiger partial charge in [-0.25, -0.2) is 9.97 Å². The fraction of sp³-hybridized carbons (Fsp3) is 0.167. The third-order valence-electron chi connectivity index (χ3n) is 5.56. The second-order valence-electron chi connectivity index (χ2n) is 7.86. The van der Waals surface area contributed by atoms with Crippen LogP contribution in [0.4, 0.5) is 24.8 Å². The van der Waals surface area contributed by atoms with Gasteiger partial charge in [-0.15, -0.1) is 0 Å². The third kappa shape index (κ3) is 4.45. The van der Waals surface area contributed by atoms with Crippen LogP contribution in [0.15, 0.2) is 71.5 Å². The van der Waals surface area contributed by atoms with E-state index in [1.165, 1.54) is 6.20 Å². The summed E-state index contributed by atoms with van der Waals surface area (Å²) in [6.07, 6.45) is -1.23. The van der Waals surface area contributed by atoms with Crippen molar-refractivity contribution in [3.63, 3.8) is 0 Å². The molecule has 1 amide bonds. The summed E-state index contributed by atoms with van der Waals surface area (Å²) in [6.45, 7) is -1.06. The molecule has 0 fully saturated rings. The Hall–Kier alpha value is -3.53. The smallest absolute Gasteiger partial charge is 0.345 e. The van der Waals surface area contributed by atoms with Crippen molar-refractivity contribution in [3.05, 3.63) is 88.3 Å². The van der Waals surface area contributed by atoms with E-state index < -0.39 is 18.6 Å².